The molecular weight excluding hydrogens is 171 g/mol. The van der Waals surface area contributed by atoms with Gasteiger partial charge < -0.3 is 10.7 Å². The molecule has 12 heavy (non-hydrogen) atoms. The Bertz CT molecular complexity index is 223. The molecule has 3 nitrogen and oxygen atoms in total. The smallest absolute Gasteiger partial charge is 0.378 e. The van der Waals surface area contributed by atoms with Gasteiger partial charge in [0.05, 0.1) is 11.6 Å². The van der Waals surface area contributed by atoms with Crippen LogP contribution < -0.4 is 5.32 Å². The van der Waals surface area contributed by atoms with Crippen LogP contribution in [0.1, 0.15) is 0 Å². The summed E-state index contributed by atoms with van der Waals surface area (Å²) in [4.78, 5) is 0. The van der Waals surface area contributed by atoms with Crippen molar-refractivity contribution < 1.29 is 13.2 Å². The third-order valence-corrected chi connectivity index (χ3v) is 0.922. The molecule has 0 heterocycles. The molecule has 66 valence electrons. The molecule has 0 saturated heterocycles. The van der Waals surface area contributed by atoms with Gasteiger partial charge in [-0.1, -0.05) is 0 Å². The van der Waals surface area contributed by atoms with Gasteiger partial charge in [0.2, 0.25) is 0 Å². The summed E-state index contributed by atoms with van der Waals surface area (Å²) in [6.07, 6.45) is -3.76. The molecule has 0 aromatic rings. The molecule has 6 heteroatoms. The van der Waals surface area contributed by atoms with Crippen LogP contribution in [0.15, 0.2) is 11.8 Å². The normalized spacial score (nSPS) is 12.0. The van der Waals surface area contributed by atoms with E-state index in [9.17, 15) is 13.2 Å². The van der Waals surface area contributed by atoms with Crippen LogP contribution in [0.4, 0.5) is 13.2 Å². The lowest BCUT2D eigenvalue weighted by Gasteiger charge is -2.05. The molecule has 0 saturated carbocycles. The van der Waals surface area contributed by atoms with Gasteiger partial charge in [-0.3, -0.25) is 0 Å². The van der Waals surface area contributed by atoms with Crippen LogP contribution in [0.5, 0.6) is 0 Å². The van der Waals surface area contributed by atoms with Crippen molar-refractivity contribution in [3.05, 3.63) is 11.8 Å². The Morgan fingerprint density at radius 1 is 1.58 bits per heavy atom. The highest BCUT2D eigenvalue weighted by atomic mass is 19.4. The predicted octanol–water partition coefficient (Wildman–Crippen LogP) is 1.20. The topological polar surface area (TPSA) is 59.7 Å². The van der Waals surface area contributed by atoms with Crippen molar-refractivity contribution in [2.45, 2.75) is 6.18 Å². The summed E-state index contributed by atoms with van der Waals surface area (Å²) in [5.74, 6) is 0. The molecule has 0 atom stereocenters. The number of nitriles is 1. The molecule has 2 N–H and O–H groups in total. The minimum Gasteiger partial charge on any atom is -0.378 e. The Labute approximate surface area is 67.0 Å². The van der Waals surface area contributed by atoms with E-state index < -0.39 is 11.7 Å². The monoisotopic (exact) mass is 177 g/mol. The van der Waals surface area contributed by atoms with E-state index in [0.29, 0.717) is 6.20 Å². The van der Waals surface area contributed by atoms with Gasteiger partial charge in [0.15, 0.2) is 0 Å². The third kappa shape index (κ3) is 3.61. The molecule has 0 unspecified atom stereocenters. The van der Waals surface area contributed by atoms with Crippen molar-refractivity contribution in [2.24, 2.45) is 0 Å². The molecule has 0 aromatic heterocycles. The number of rotatable bonds is 3. The highest BCUT2D eigenvalue weighted by Gasteiger charge is 2.31. The van der Waals surface area contributed by atoms with Gasteiger partial charge in [0, 0.05) is 12.4 Å². The van der Waals surface area contributed by atoms with Gasteiger partial charge in [0.1, 0.15) is 6.54 Å². The summed E-state index contributed by atoms with van der Waals surface area (Å²) < 4.78 is 35.4. The highest BCUT2D eigenvalue weighted by Crippen LogP contribution is 2.22. The molecule has 0 aliphatic rings. The Morgan fingerprint density at radius 3 is 2.50 bits per heavy atom. The van der Waals surface area contributed by atoms with Crippen LogP contribution in [-0.4, -0.2) is 18.9 Å². The minimum absolute atomic E-state index is 0.185. The van der Waals surface area contributed by atoms with E-state index in [2.05, 4.69) is 5.32 Å². The van der Waals surface area contributed by atoms with E-state index in [1.54, 1.807) is 6.07 Å². The second-order valence-electron chi connectivity index (χ2n) is 1.78. The van der Waals surface area contributed by atoms with Crippen LogP contribution in [-0.2, 0) is 0 Å². The predicted molar refractivity (Wildman–Crippen MR) is 36.5 cm³/mol. The maximum Gasteiger partial charge on any atom is 0.419 e. The lowest BCUT2D eigenvalue weighted by atomic mass is 10.3. The zero-order valence-corrected chi connectivity index (χ0v) is 5.94. The number of halogens is 3. The first-order valence-corrected chi connectivity index (χ1v) is 2.90. The van der Waals surface area contributed by atoms with Gasteiger partial charge >= 0.3 is 6.18 Å². The first-order valence-electron chi connectivity index (χ1n) is 2.90. The molecule has 0 amide bonds. The summed E-state index contributed by atoms with van der Waals surface area (Å²) in [6, 6.07) is 1.60. The summed E-state index contributed by atoms with van der Waals surface area (Å²) in [5.41, 5.74) is -1.11. The minimum atomic E-state index is -4.54. The molecule has 0 aromatic carbocycles. The van der Waals surface area contributed by atoms with Crippen LogP contribution in [0.3, 0.4) is 0 Å². The van der Waals surface area contributed by atoms with Crippen LogP contribution in [0.25, 0.3) is 0 Å². The van der Waals surface area contributed by atoms with Crippen LogP contribution in [0, 0.1) is 16.7 Å². The van der Waals surface area contributed by atoms with E-state index in [-0.39, 0.29) is 12.8 Å². The molecular formula is C6H6F3N3. The van der Waals surface area contributed by atoms with Crippen molar-refractivity contribution in [1.82, 2.24) is 5.32 Å². The Balaban J connectivity index is 4.26. The first kappa shape index (κ1) is 10.5. The van der Waals surface area contributed by atoms with Crippen molar-refractivity contribution in [3.63, 3.8) is 0 Å². The lowest BCUT2D eigenvalue weighted by molar-refractivity contribution is -0.0859. The average molecular weight is 177 g/mol. The first-order chi connectivity index (χ1) is 5.52. The fraction of sp³-hybridized carbons (Fsp3) is 0.333. The molecule has 0 fully saturated rings. The summed E-state index contributed by atoms with van der Waals surface area (Å²) >= 11 is 0. The van der Waals surface area contributed by atoms with Crippen molar-refractivity contribution >= 4 is 6.21 Å². The number of hydrogen-bond donors (Lipinski definition) is 2. The van der Waals surface area contributed by atoms with Crippen molar-refractivity contribution in [2.75, 3.05) is 6.54 Å². The lowest BCUT2D eigenvalue weighted by Crippen LogP contribution is -2.17. The summed E-state index contributed by atoms with van der Waals surface area (Å²) in [6.45, 7) is -0.215. The van der Waals surface area contributed by atoms with Gasteiger partial charge in [-0.25, -0.2) is 0 Å². The third-order valence-electron chi connectivity index (χ3n) is 0.922. The molecule has 0 radical (unpaired) electrons. The Kier molecular flexibility index (Phi) is 3.83. The van der Waals surface area contributed by atoms with E-state index >= 15 is 0 Å². The molecule has 0 rings (SSSR count). The number of hydrogen-bond acceptors (Lipinski definition) is 3. The largest absolute Gasteiger partial charge is 0.419 e. The maximum absolute atomic E-state index is 11.8. The molecule has 0 bridgehead atoms. The van der Waals surface area contributed by atoms with E-state index in [0.717, 1.165) is 0 Å². The number of allylic oxidation sites excluding steroid dienone is 1. The van der Waals surface area contributed by atoms with Gasteiger partial charge in [-0.05, 0) is 0 Å². The molecule has 0 aliphatic carbocycles. The number of alkyl halides is 3. The molecule has 0 aliphatic heterocycles. The molecule has 0 spiro atoms. The fourth-order valence-corrected chi connectivity index (χ4v) is 0.412. The second-order valence-corrected chi connectivity index (χ2v) is 1.78. The SMILES string of the molecule is N#CCN/C=C(\C=N)C(F)(F)F. The van der Waals surface area contributed by atoms with Crippen LogP contribution >= 0.6 is 0 Å². The quantitative estimate of drug-likeness (QED) is 0.386. The Morgan fingerprint density at radius 2 is 2.17 bits per heavy atom. The zero-order chi connectivity index (χ0) is 9.61. The fourth-order valence-electron chi connectivity index (χ4n) is 0.412. The average Bonchev–Trinajstić information content (AvgIpc) is 1.95. The van der Waals surface area contributed by atoms with E-state index in [1.165, 1.54) is 0 Å². The van der Waals surface area contributed by atoms with Gasteiger partial charge in [-0.15, -0.1) is 0 Å². The summed E-state index contributed by atoms with van der Waals surface area (Å²) in [5, 5.41) is 16.5. The highest BCUT2D eigenvalue weighted by molar-refractivity contribution is 5.77. The summed E-state index contributed by atoms with van der Waals surface area (Å²) in [7, 11) is 0. The standard InChI is InChI=1S/C6H6F3N3/c7-6(8,9)5(3-11)4-12-2-1-10/h3-4,11-12H,2H2/b5-4+,11-3?. The van der Waals surface area contributed by atoms with E-state index in [1.807, 2.05) is 0 Å². The second kappa shape index (κ2) is 4.38. The number of nitrogens with one attached hydrogen (secondary N) is 2. The van der Waals surface area contributed by atoms with Crippen molar-refractivity contribution in [1.29, 1.82) is 10.7 Å². The maximum atomic E-state index is 11.8. The van der Waals surface area contributed by atoms with E-state index in [4.69, 9.17) is 10.7 Å². The van der Waals surface area contributed by atoms with Gasteiger partial charge in [-0.2, -0.15) is 18.4 Å². The number of nitrogens with zero attached hydrogens (tertiary/aromatic N) is 1. The Hall–Kier alpha value is -1.51. The van der Waals surface area contributed by atoms with Gasteiger partial charge in [0.25, 0.3) is 0 Å². The zero-order valence-electron chi connectivity index (χ0n) is 5.94. The van der Waals surface area contributed by atoms with Crippen molar-refractivity contribution in [3.8, 4) is 6.07 Å². The van der Waals surface area contributed by atoms with Crippen LogP contribution in [0.2, 0.25) is 0 Å².